The predicted molar refractivity (Wildman–Crippen MR) is 59.9 cm³/mol. The third-order valence-corrected chi connectivity index (χ3v) is 2.61. The van der Waals surface area contributed by atoms with Gasteiger partial charge in [0.2, 0.25) is 6.20 Å². The molecule has 0 bridgehead atoms. The molecule has 1 aromatic carbocycles. The largest absolute Gasteiger partial charge is 0.282 e. The lowest BCUT2D eigenvalue weighted by Gasteiger charge is -2.02. The Labute approximate surface area is 88.4 Å². The van der Waals surface area contributed by atoms with E-state index in [1.165, 1.54) is 0 Å². The van der Waals surface area contributed by atoms with Crippen LogP contribution < -0.4 is 10.1 Å². The zero-order valence-electron chi connectivity index (χ0n) is 9.29. The Kier molecular flexibility index (Phi) is 2.31. The lowest BCUT2D eigenvalue weighted by molar-refractivity contribution is -0.749. The number of nitrogens with zero attached hydrogens (tertiary/aromatic N) is 1. The first-order chi connectivity index (χ1) is 7.11. The number of aromatic nitrogens is 2. The minimum atomic E-state index is 0.0809. The van der Waals surface area contributed by atoms with Crippen molar-refractivity contribution in [3.05, 3.63) is 39.7 Å². The molecule has 0 saturated carbocycles. The van der Waals surface area contributed by atoms with Crippen LogP contribution in [0.25, 0.3) is 10.9 Å². The zero-order chi connectivity index (χ0) is 11.0. The third-order valence-electron chi connectivity index (χ3n) is 2.61. The van der Waals surface area contributed by atoms with E-state index < -0.39 is 0 Å². The summed E-state index contributed by atoms with van der Waals surface area (Å²) in [6, 6.07) is 4.01. The van der Waals surface area contributed by atoms with Gasteiger partial charge in [-0.1, -0.05) is 6.07 Å². The highest BCUT2D eigenvalue weighted by Gasteiger charge is 2.08. The van der Waals surface area contributed by atoms with Crippen molar-refractivity contribution in [2.24, 2.45) is 0 Å². The molecule has 0 atom stereocenters. The van der Waals surface area contributed by atoms with Gasteiger partial charge in [-0.3, -0.25) is 4.79 Å². The SMILES string of the molecule is CC[n+]1cc(=O)c2cc(C)cc(C)c2[nH]1. The number of aryl methyl sites for hydroxylation is 3. The van der Waals surface area contributed by atoms with Crippen LogP contribution in [-0.2, 0) is 6.54 Å². The van der Waals surface area contributed by atoms with Gasteiger partial charge in [-0.2, -0.15) is 5.10 Å². The van der Waals surface area contributed by atoms with Gasteiger partial charge in [-0.15, -0.1) is 4.68 Å². The summed E-state index contributed by atoms with van der Waals surface area (Å²) < 4.78 is 1.81. The van der Waals surface area contributed by atoms with E-state index in [4.69, 9.17) is 0 Å². The molecule has 0 fully saturated rings. The highest BCUT2D eigenvalue weighted by Crippen LogP contribution is 2.13. The maximum absolute atomic E-state index is 11.8. The van der Waals surface area contributed by atoms with Gasteiger partial charge in [0.05, 0.1) is 5.39 Å². The summed E-state index contributed by atoms with van der Waals surface area (Å²) in [6.07, 6.45) is 1.61. The molecule has 0 saturated heterocycles. The maximum Gasteiger partial charge on any atom is 0.253 e. The van der Waals surface area contributed by atoms with Crippen LogP contribution in [0.4, 0.5) is 0 Å². The van der Waals surface area contributed by atoms with E-state index in [9.17, 15) is 4.79 Å². The number of hydrogen-bond donors (Lipinski definition) is 1. The first kappa shape index (κ1) is 9.90. The third kappa shape index (κ3) is 1.65. The van der Waals surface area contributed by atoms with Gasteiger partial charge in [-0.25, -0.2) is 0 Å². The molecular formula is C12H15N2O+. The average molecular weight is 203 g/mol. The molecule has 15 heavy (non-hydrogen) atoms. The molecule has 0 spiro atoms. The van der Waals surface area contributed by atoms with E-state index in [1.807, 2.05) is 31.5 Å². The lowest BCUT2D eigenvalue weighted by Crippen LogP contribution is -2.40. The Hall–Kier alpha value is -1.64. The van der Waals surface area contributed by atoms with E-state index >= 15 is 0 Å². The standard InChI is InChI=1S/C12H14N2O/c1-4-14-7-11(15)10-6-8(2)5-9(3)12(10)13-14/h5-7H,4H2,1-3H3/p+1. The summed E-state index contributed by atoms with van der Waals surface area (Å²) >= 11 is 0. The van der Waals surface area contributed by atoms with E-state index in [1.54, 1.807) is 6.20 Å². The van der Waals surface area contributed by atoms with E-state index in [2.05, 4.69) is 11.2 Å². The molecule has 78 valence electrons. The first-order valence-electron chi connectivity index (χ1n) is 5.15. The monoisotopic (exact) mass is 203 g/mol. The molecule has 3 nitrogen and oxygen atoms in total. The second-order valence-electron chi connectivity index (χ2n) is 3.90. The zero-order valence-corrected chi connectivity index (χ0v) is 9.29. The van der Waals surface area contributed by atoms with Crippen LogP contribution in [0.3, 0.4) is 0 Å². The van der Waals surface area contributed by atoms with Gasteiger partial charge in [0.15, 0.2) is 6.54 Å². The number of benzene rings is 1. The molecule has 1 N–H and O–H groups in total. The molecule has 1 heterocycles. The second kappa shape index (κ2) is 3.50. The Morgan fingerprint density at radius 3 is 2.73 bits per heavy atom. The highest BCUT2D eigenvalue weighted by molar-refractivity contribution is 5.81. The van der Waals surface area contributed by atoms with E-state index in [-0.39, 0.29) is 5.43 Å². The van der Waals surface area contributed by atoms with Crippen LogP contribution in [0.1, 0.15) is 18.1 Å². The molecule has 3 heteroatoms. The number of hydrogen-bond acceptors (Lipinski definition) is 1. The second-order valence-corrected chi connectivity index (χ2v) is 3.90. The molecule has 2 aromatic rings. The van der Waals surface area contributed by atoms with Crippen LogP contribution >= 0.6 is 0 Å². The maximum atomic E-state index is 11.8. The molecule has 0 aliphatic heterocycles. The molecule has 0 aliphatic rings. The van der Waals surface area contributed by atoms with Crippen LogP contribution in [0, 0.1) is 13.8 Å². The van der Waals surface area contributed by atoms with Gasteiger partial charge in [-0.05, 0) is 38.0 Å². The van der Waals surface area contributed by atoms with Crippen LogP contribution in [0.5, 0.6) is 0 Å². The molecule has 2 rings (SSSR count). The van der Waals surface area contributed by atoms with Crippen LogP contribution in [-0.4, -0.2) is 5.10 Å². The van der Waals surface area contributed by atoms with Gasteiger partial charge in [0, 0.05) is 0 Å². The Bertz CT molecular complexity index is 570. The molecule has 0 aliphatic carbocycles. The number of aromatic amines is 1. The molecule has 0 unspecified atom stereocenters. The predicted octanol–water partition coefficient (Wildman–Crippen LogP) is 1.45. The Morgan fingerprint density at radius 1 is 1.33 bits per heavy atom. The summed E-state index contributed by atoms with van der Waals surface area (Å²) in [4.78, 5) is 11.8. The fourth-order valence-corrected chi connectivity index (χ4v) is 1.87. The number of fused-ring (bicyclic) bond motifs is 1. The Morgan fingerprint density at radius 2 is 2.07 bits per heavy atom. The van der Waals surface area contributed by atoms with Crippen molar-refractivity contribution in [3.63, 3.8) is 0 Å². The van der Waals surface area contributed by atoms with Crippen molar-refractivity contribution in [3.8, 4) is 0 Å². The van der Waals surface area contributed by atoms with Crippen molar-refractivity contribution < 1.29 is 4.68 Å². The van der Waals surface area contributed by atoms with Gasteiger partial charge in [0.1, 0.15) is 5.52 Å². The molecular weight excluding hydrogens is 188 g/mol. The minimum absolute atomic E-state index is 0.0809. The number of H-pyrrole nitrogens is 1. The number of nitrogens with one attached hydrogen (secondary N) is 1. The van der Waals surface area contributed by atoms with Crippen LogP contribution in [0.2, 0.25) is 0 Å². The fourth-order valence-electron chi connectivity index (χ4n) is 1.87. The summed E-state index contributed by atoms with van der Waals surface area (Å²) in [6.45, 7) is 6.81. The average Bonchev–Trinajstić information content (AvgIpc) is 2.19. The van der Waals surface area contributed by atoms with E-state index in [0.29, 0.717) is 0 Å². The molecule has 0 amide bonds. The lowest BCUT2D eigenvalue weighted by atomic mass is 10.1. The van der Waals surface area contributed by atoms with Gasteiger partial charge < -0.3 is 0 Å². The molecule has 1 aromatic heterocycles. The van der Waals surface area contributed by atoms with Gasteiger partial charge in [0.25, 0.3) is 5.43 Å². The number of rotatable bonds is 1. The normalized spacial score (nSPS) is 10.9. The summed E-state index contributed by atoms with van der Waals surface area (Å²) in [5.74, 6) is 0. The van der Waals surface area contributed by atoms with Crippen molar-refractivity contribution in [2.75, 3.05) is 0 Å². The van der Waals surface area contributed by atoms with Crippen LogP contribution in [0.15, 0.2) is 23.1 Å². The minimum Gasteiger partial charge on any atom is -0.282 e. The summed E-state index contributed by atoms with van der Waals surface area (Å²) in [5.41, 5.74) is 3.26. The van der Waals surface area contributed by atoms with Crippen molar-refractivity contribution in [1.82, 2.24) is 5.10 Å². The first-order valence-corrected chi connectivity index (χ1v) is 5.15. The highest BCUT2D eigenvalue weighted by atomic mass is 16.1. The van der Waals surface area contributed by atoms with Crippen molar-refractivity contribution >= 4 is 10.9 Å². The van der Waals surface area contributed by atoms with Crippen molar-refractivity contribution in [1.29, 1.82) is 0 Å². The summed E-state index contributed by atoms with van der Waals surface area (Å²) in [5, 5.41) is 4.00. The summed E-state index contributed by atoms with van der Waals surface area (Å²) in [7, 11) is 0. The molecule has 0 radical (unpaired) electrons. The fraction of sp³-hybridized carbons (Fsp3) is 0.333. The van der Waals surface area contributed by atoms with Crippen molar-refractivity contribution in [2.45, 2.75) is 27.3 Å². The smallest absolute Gasteiger partial charge is 0.253 e. The Balaban J connectivity index is 2.91. The van der Waals surface area contributed by atoms with Gasteiger partial charge >= 0.3 is 0 Å². The van der Waals surface area contributed by atoms with E-state index in [0.717, 1.165) is 28.6 Å². The quantitative estimate of drug-likeness (QED) is 0.700. The topological polar surface area (TPSA) is 36.7 Å².